The van der Waals surface area contributed by atoms with Gasteiger partial charge in [0.2, 0.25) is 0 Å². The van der Waals surface area contributed by atoms with E-state index in [4.69, 9.17) is 15.0 Å². The second-order valence-electron chi connectivity index (χ2n) is 11.3. The van der Waals surface area contributed by atoms with Gasteiger partial charge in [0, 0.05) is 51.3 Å². The fraction of sp³-hybridized carbons (Fsp3) is 0. The van der Waals surface area contributed by atoms with E-state index in [2.05, 4.69) is 124 Å². The molecule has 0 saturated carbocycles. The Labute approximate surface area is 264 Å². The normalized spacial score (nSPS) is 11.5. The van der Waals surface area contributed by atoms with Crippen LogP contribution in [-0.2, 0) is 0 Å². The molecule has 0 aliphatic carbocycles. The van der Waals surface area contributed by atoms with Crippen LogP contribution in [0.15, 0.2) is 146 Å². The van der Waals surface area contributed by atoms with E-state index in [-0.39, 0.29) is 0 Å². The molecule has 0 bridgehead atoms. The fourth-order valence-electron chi connectivity index (χ4n) is 6.01. The molecule has 0 aliphatic heterocycles. The van der Waals surface area contributed by atoms with Gasteiger partial charge < -0.3 is 0 Å². The van der Waals surface area contributed by atoms with Gasteiger partial charge in [-0.05, 0) is 53.6 Å². The van der Waals surface area contributed by atoms with Crippen LogP contribution in [-0.4, -0.2) is 29.9 Å². The van der Waals surface area contributed by atoms with Crippen molar-refractivity contribution < 1.29 is 0 Å². The quantitative estimate of drug-likeness (QED) is 0.191. The van der Waals surface area contributed by atoms with Gasteiger partial charge in [-0.25, -0.2) is 24.9 Å². The Hall–Kier alpha value is -6.40. The second-order valence-corrected chi connectivity index (χ2v) is 11.3. The van der Waals surface area contributed by atoms with Gasteiger partial charge in [0.1, 0.15) is 5.69 Å². The summed E-state index contributed by atoms with van der Waals surface area (Å²) in [6.45, 7) is 0. The second kappa shape index (κ2) is 10.6. The molecule has 0 saturated heterocycles. The van der Waals surface area contributed by atoms with Crippen molar-refractivity contribution in [1.29, 1.82) is 0 Å². The number of aromatic nitrogens is 6. The molecule has 0 aliphatic rings. The third kappa shape index (κ3) is 4.60. The zero-order chi connectivity index (χ0) is 30.5. The van der Waals surface area contributed by atoms with E-state index in [1.54, 1.807) is 18.5 Å². The zero-order valence-electron chi connectivity index (χ0n) is 24.5. The fourth-order valence-corrected chi connectivity index (χ4v) is 6.01. The maximum absolute atomic E-state index is 5.07. The summed E-state index contributed by atoms with van der Waals surface area (Å²) in [5.41, 5.74) is 10.5. The van der Waals surface area contributed by atoms with E-state index in [0.29, 0.717) is 5.82 Å². The molecule has 6 nitrogen and oxygen atoms in total. The zero-order valence-corrected chi connectivity index (χ0v) is 24.5. The third-order valence-corrected chi connectivity index (χ3v) is 8.42. The third-order valence-electron chi connectivity index (χ3n) is 8.42. The van der Waals surface area contributed by atoms with E-state index >= 15 is 0 Å². The van der Waals surface area contributed by atoms with Crippen molar-refractivity contribution in [3.63, 3.8) is 0 Å². The van der Waals surface area contributed by atoms with E-state index in [1.165, 1.54) is 0 Å². The molecule has 0 amide bonds. The minimum absolute atomic E-state index is 0.615. The summed E-state index contributed by atoms with van der Waals surface area (Å²) in [5, 5.41) is 4.33. The van der Waals surface area contributed by atoms with E-state index in [0.717, 1.165) is 82.9 Å². The number of pyridine rings is 4. The molecule has 46 heavy (non-hydrogen) atoms. The predicted octanol–water partition coefficient (Wildman–Crippen LogP) is 9.34. The first-order chi connectivity index (χ1) is 22.7. The van der Waals surface area contributed by atoms with Crippen LogP contribution in [0.5, 0.6) is 0 Å². The van der Waals surface area contributed by atoms with Crippen LogP contribution < -0.4 is 0 Å². The maximum Gasteiger partial charge on any atom is 0.178 e. The standard InChI is InChI=1S/C40H24N6/c1-3-29-10-11-30-16-18-34(46-39(30)38(29)41-20-1)26-6-4-25(5-7-26)33-17-14-27-8-12-31(23-36(27)44-33)32-13-9-28-15-19-35(45-37(28)24-32)40-42-21-2-22-43-40/h1-24H. The first-order valence-electron chi connectivity index (χ1n) is 15.1. The number of fused-ring (bicyclic) bond motifs is 5. The minimum Gasteiger partial charge on any atom is -0.254 e. The molecule has 5 aromatic heterocycles. The average molecular weight is 589 g/mol. The van der Waals surface area contributed by atoms with E-state index < -0.39 is 0 Å². The lowest BCUT2D eigenvalue weighted by Crippen LogP contribution is -1.91. The molecule has 0 atom stereocenters. The molecule has 9 rings (SSSR count). The molecular formula is C40H24N6. The minimum atomic E-state index is 0.615. The van der Waals surface area contributed by atoms with Crippen molar-refractivity contribution in [2.45, 2.75) is 0 Å². The van der Waals surface area contributed by atoms with E-state index in [9.17, 15) is 0 Å². The molecule has 4 aromatic carbocycles. The van der Waals surface area contributed by atoms with Gasteiger partial charge in [0.15, 0.2) is 5.82 Å². The monoisotopic (exact) mass is 588 g/mol. The molecule has 0 fully saturated rings. The molecule has 0 unspecified atom stereocenters. The maximum atomic E-state index is 5.07. The van der Waals surface area contributed by atoms with Crippen LogP contribution in [0.1, 0.15) is 0 Å². The summed E-state index contributed by atoms with van der Waals surface area (Å²) >= 11 is 0. The highest BCUT2D eigenvalue weighted by atomic mass is 14.9. The van der Waals surface area contributed by atoms with Gasteiger partial charge in [0.25, 0.3) is 0 Å². The number of nitrogens with zero attached hydrogens (tertiary/aromatic N) is 6. The average Bonchev–Trinajstić information content (AvgIpc) is 3.14. The molecule has 0 spiro atoms. The molecular weight excluding hydrogens is 564 g/mol. The van der Waals surface area contributed by atoms with Gasteiger partial charge in [-0.1, -0.05) is 84.9 Å². The van der Waals surface area contributed by atoms with Crippen molar-refractivity contribution in [3.05, 3.63) is 146 Å². The lowest BCUT2D eigenvalue weighted by Gasteiger charge is -2.09. The summed E-state index contributed by atoms with van der Waals surface area (Å²) < 4.78 is 0. The molecule has 0 radical (unpaired) electrons. The number of benzene rings is 4. The molecule has 9 aromatic rings. The Morgan fingerprint density at radius 1 is 0.326 bits per heavy atom. The highest BCUT2D eigenvalue weighted by Crippen LogP contribution is 2.31. The number of hydrogen-bond acceptors (Lipinski definition) is 6. The van der Waals surface area contributed by atoms with Crippen LogP contribution in [0, 0.1) is 0 Å². The van der Waals surface area contributed by atoms with Crippen LogP contribution in [0.25, 0.3) is 88.8 Å². The van der Waals surface area contributed by atoms with Crippen molar-refractivity contribution in [3.8, 4) is 45.2 Å². The highest BCUT2D eigenvalue weighted by molar-refractivity contribution is 6.03. The summed E-state index contributed by atoms with van der Waals surface area (Å²) in [6, 6.07) is 43.7. The summed E-state index contributed by atoms with van der Waals surface area (Å²) in [4.78, 5) is 28.2. The van der Waals surface area contributed by atoms with Crippen molar-refractivity contribution in [1.82, 2.24) is 29.9 Å². The molecule has 5 heterocycles. The molecule has 214 valence electrons. The van der Waals surface area contributed by atoms with Crippen LogP contribution in [0.4, 0.5) is 0 Å². The predicted molar refractivity (Wildman–Crippen MR) is 185 cm³/mol. The van der Waals surface area contributed by atoms with E-state index in [1.807, 2.05) is 18.3 Å². The Balaban J connectivity index is 1.04. The van der Waals surface area contributed by atoms with Gasteiger partial charge in [0.05, 0.1) is 33.5 Å². The first-order valence-corrected chi connectivity index (χ1v) is 15.1. The highest BCUT2D eigenvalue weighted by Gasteiger charge is 2.10. The lowest BCUT2D eigenvalue weighted by molar-refractivity contribution is 1.15. The first kappa shape index (κ1) is 26.0. The summed E-state index contributed by atoms with van der Waals surface area (Å²) in [5.74, 6) is 0.615. The largest absolute Gasteiger partial charge is 0.254 e. The van der Waals surface area contributed by atoms with Crippen LogP contribution in [0.3, 0.4) is 0 Å². The topological polar surface area (TPSA) is 77.3 Å². The number of rotatable bonds is 4. The van der Waals surface area contributed by atoms with Crippen molar-refractivity contribution in [2.24, 2.45) is 0 Å². The summed E-state index contributed by atoms with van der Waals surface area (Å²) in [7, 11) is 0. The molecule has 0 N–H and O–H groups in total. The Morgan fingerprint density at radius 3 is 1.48 bits per heavy atom. The van der Waals surface area contributed by atoms with Gasteiger partial charge in [-0.15, -0.1) is 0 Å². The smallest absolute Gasteiger partial charge is 0.178 e. The lowest BCUT2D eigenvalue weighted by atomic mass is 10.0. The van der Waals surface area contributed by atoms with Crippen LogP contribution >= 0.6 is 0 Å². The van der Waals surface area contributed by atoms with Gasteiger partial charge in [-0.2, -0.15) is 0 Å². The van der Waals surface area contributed by atoms with Gasteiger partial charge in [-0.3, -0.25) is 4.98 Å². The summed E-state index contributed by atoms with van der Waals surface area (Å²) in [6.07, 6.45) is 5.29. The van der Waals surface area contributed by atoms with Crippen molar-refractivity contribution in [2.75, 3.05) is 0 Å². The Kier molecular flexibility index (Phi) is 6.03. The van der Waals surface area contributed by atoms with Crippen LogP contribution in [0.2, 0.25) is 0 Å². The van der Waals surface area contributed by atoms with Crippen molar-refractivity contribution >= 4 is 43.6 Å². The van der Waals surface area contributed by atoms with Gasteiger partial charge >= 0.3 is 0 Å². The Morgan fingerprint density at radius 2 is 0.804 bits per heavy atom. The SMILES string of the molecule is c1cnc(-c2ccc3ccc(-c4ccc5ccc(-c6ccc(-c7ccc8ccc9cccnc9c8n7)cc6)nc5c4)cc3n2)nc1. The number of hydrogen-bond donors (Lipinski definition) is 0. The Bertz CT molecular complexity index is 2580. The molecule has 6 heteroatoms.